The van der Waals surface area contributed by atoms with Crippen LogP contribution in [0, 0.1) is 0 Å². The second kappa shape index (κ2) is 14.9. The van der Waals surface area contributed by atoms with E-state index >= 15 is 0 Å². The van der Waals surface area contributed by atoms with Crippen molar-refractivity contribution in [3.63, 3.8) is 0 Å². The first-order valence-corrected chi connectivity index (χ1v) is 9.63. The molecule has 6 nitrogen and oxygen atoms in total. The van der Waals surface area contributed by atoms with E-state index in [1.165, 1.54) is 0 Å². The van der Waals surface area contributed by atoms with Gasteiger partial charge in [0.1, 0.15) is 0 Å². The minimum absolute atomic E-state index is 0.148. The van der Waals surface area contributed by atoms with Crippen LogP contribution in [0.4, 0.5) is 0 Å². The standard InChI is InChI=1S/C19H42N2O4/c1-14(2)22-9-18(10-23-15(3)4)20-13-21-19(11-24-16(5)6)12-25-17(7)8/h14-21H,9-13H2,1-8H3. The fourth-order valence-electron chi connectivity index (χ4n) is 1.91. The Hall–Kier alpha value is -0.240. The highest BCUT2D eigenvalue weighted by Crippen LogP contribution is 1.98. The lowest BCUT2D eigenvalue weighted by molar-refractivity contribution is 0.00300. The fourth-order valence-corrected chi connectivity index (χ4v) is 1.91. The first-order valence-electron chi connectivity index (χ1n) is 9.63. The summed E-state index contributed by atoms with van der Waals surface area (Å²) in [4.78, 5) is 0. The second-order valence-electron chi connectivity index (χ2n) is 7.51. The summed E-state index contributed by atoms with van der Waals surface area (Å²) >= 11 is 0. The van der Waals surface area contributed by atoms with Crippen LogP contribution in [-0.2, 0) is 18.9 Å². The van der Waals surface area contributed by atoms with Gasteiger partial charge in [0.05, 0.1) is 62.9 Å². The molecule has 2 N–H and O–H groups in total. The molecule has 0 amide bonds. The molecule has 6 heteroatoms. The normalized spacial score (nSPS) is 12.7. The van der Waals surface area contributed by atoms with Gasteiger partial charge in [0.25, 0.3) is 0 Å². The van der Waals surface area contributed by atoms with E-state index in [2.05, 4.69) is 10.6 Å². The van der Waals surface area contributed by atoms with Crippen LogP contribution in [0.3, 0.4) is 0 Å². The van der Waals surface area contributed by atoms with Gasteiger partial charge in [-0.05, 0) is 55.4 Å². The number of ether oxygens (including phenoxy) is 4. The van der Waals surface area contributed by atoms with E-state index in [4.69, 9.17) is 18.9 Å². The van der Waals surface area contributed by atoms with Gasteiger partial charge in [-0.2, -0.15) is 0 Å². The van der Waals surface area contributed by atoms with Crippen molar-refractivity contribution in [1.29, 1.82) is 0 Å². The van der Waals surface area contributed by atoms with Crippen molar-refractivity contribution in [2.75, 3.05) is 33.1 Å². The van der Waals surface area contributed by atoms with Crippen molar-refractivity contribution in [3.05, 3.63) is 0 Å². The van der Waals surface area contributed by atoms with Crippen LogP contribution in [0.15, 0.2) is 0 Å². The van der Waals surface area contributed by atoms with E-state index in [0.717, 1.165) is 0 Å². The molecule has 0 atom stereocenters. The van der Waals surface area contributed by atoms with Crippen LogP contribution in [-0.4, -0.2) is 69.6 Å². The molecule has 25 heavy (non-hydrogen) atoms. The van der Waals surface area contributed by atoms with Gasteiger partial charge in [-0.15, -0.1) is 0 Å². The Balaban J connectivity index is 4.31. The van der Waals surface area contributed by atoms with Crippen LogP contribution in [0.5, 0.6) is 0 Å². The second-order valence-corrected chi connectivity index (χ2v) is 7.51. The maximum atomic E-state index is 5.73. The van der Waals surface area contributed by atoms with Gasteiger partial charge in [0, 0.05) is 6.67 Å². The average Bonchev–Trinajstić information content (AvgIpc) is 2.50. The minimum Gasteiger partial charge on any atom is -0.377 e. The van der Waals surface area contributed by atoms with Crippen LogP contribution >= 0.6 is 0 Å². The average molecular weight is 363 g/mol. The SMILES string of the molecule is CC(C)OCC(COC(C)C)NCNC(COC(C)C)COC(C)C. The number of hydrogen-bond acceptors (Lipinski definition) is 6. The summed E-state index contributed by atoms with van der Waals surface area (Å²) in [6.07, 6.45) is 0.844. The van der Waals surface area contributed by atoms with Crippen LogP contribution in [0.2, 0.25) is 0 Å². The van der Waals surface area contributed by atoms with Crippen LogP contribution < -0.4 is 10.6 Å². The first kappa shape index (κ1) is 24.8. The molecule has 0 spiro atoms. The summed E-state index contributed by atoms with van der Waals surface area (Å²) in [5.74, 6) is 0. The highest BCUT2D eigenvalue weighted by Gasteiger charge is 2.14. The molecule has 0 aromatic heterocycles. The van der Waals surface area contributed by atoms with Gasteiger partial charge in [-0.25, -0.2) is 0 Å². The lowest BCUT2D eigenvalue weighted by Crippen LogP contribution is -2.48. The number of rotatable bonds is 16. The van der Waals surface area contributed by atoms with Gasteiger partial charge in [0.2, 0.25) is 0 Å². The van der Waals surface area contributed by atoms with Gasteiger partial charge in [0.15, 0.2) is 0 Å². The van der Waals surface area contributed by atoms with E-state index in [9.17, 15) is 0 Å². The molecule has 0 saturated carbocycles. The Morgan fingerprint density at radius 2 is 0.720 bits per heavy atom. The zero-order chi connectivity index (χ0) is 19.2. The quantitative estimate of drug-likeness (QED) is 0.412. The molecule has 0 bridgehead atoms. The van der Waals surface area contributed by atoms with Crippen LogP contribution in [0.25, 0.3) is 0 Å². The molecule has 0 unspecified atom stereocenters. The molecule has 0 saturated heterocycles. The highest BCUT2D eigenvalue weighted by molar-refractivity contribution is 4.70. The third-order valence-corrected chi connectivity index (χ3v) is 3.30. The first-order chi connectivity index (χ1) is 11.7. The molecule has 152 valence electrons. The summed E-state index contributed by atoms with van der Waals surface area (Å²) in [6.45, 7) is 19.5. The Kier molecular flexibility index (Phi) is 14.7. The van der Waals surface area contributed by atoms with E-state index in [-0.39, 0.29) is 36.5 Å². The van der Waals surface area contributed by atoms with Crippen molar-refractivity contribution in [2.45, 2.75) is 91.9 Å². The van der Waals surface area contributed by atoms with Crippen molar-refractivity contribution >= 4 is 0 Å². The lowest BCUT2D eigenvalue weighted by atomic mass is 10.3. The summed E-state index contributed by atoms with van der Waals surface area (Å²) in [6, 6.07) is 0.296. The predicted molar refractivity (Wildman–Crippen MR) is 103 cm³/mol. The fraction of sp³-hybridized carbons (Fsp3) is 1.00. The lowest BCUT2D eigenvalue weighted by Gasteiger charge is -2.25. The molecule has 0 radical (unpaired) electrons. The number of nitrogens with one attached hydrogen (secondary N) is 2. The molecule has 0 fully saturated rings. The molecule has 0 aromatic carbocycles. The Bertz CT molecular complexity index is 247. The van der Waals surface area contributed by atoms with Crippen molar-refractivity contribution < 1.29 is 18.9 Å². The molecular weight excluding hydrogens is 320 g/mol. The maximum Gasteiger partial charge on any atom is 0.0646 e. The van der Waals surface area contributed by atoms with E-state index in [1.807, 2.05) is 55.4 Å². The highest BCUT2D eigenvalue weighted by atomic mass is 16.5. The Morgan fingerprint density at radius 1 is 0.480 bits per heavy atom. The topological polar surface area (TPSA) is 61.0 Å². The van der Waals surface area contributed by atoms with Gasteiger partial charge in [-0.3, -0.25) is 10.6 Å². The molecule has 0 rings (SSSR count). The minimum atomic E-state index is 0.148. The van der Waals surface area contributed by atoms with Gasteiger partial charge < -0.3 is 18.9 Å². The van der Waals surface area contributed by atoms with E-state index in [1.54, 1.807) is 0 Å². The van der Waals surface area contributed by atoms with Crippen molar-refractivity contribution in [2.24, 2.45) is 0 Å². The summed E-state index contributed by atoms with van der Waals surface area (Å²) in [5.41, 5.74) is 0. The molecule has 0 aliphatic heterocycles. The smallest absolute Gasteiger partial charge is 0.0646 e. The molecule has 0 aliphatic carbocycles. The van der Waals surface area contributed by atoms with E-state index in [0.29, 0.717) is 33.1 Å². The Labute approximate surface area is 155 Å². The van der Waals surface area contributed by atoms with Gasteiger partial charge >= 0.3 is 0 Å². The summed E-state index contributed by atoms with van der Waals surface area (Å²) in [5, 5.41) is 6.93. The van der Waals surface area contributed by atoms with E-state index < -0.39 is 0 Å². The summed E-state index contributed by atoms with van der Waals surface area (Å²) in [7, 11) is 0. The zero-order valence-electron chi connectivity index (χ0n) is 17.6. The molecular formula is C19H42N2O4. The maximum absolute atomic E-state index is 5.73. The molecule has 0 heterocycles. The Morgan fingerprint density at radius 3 is 0.920 bits per heavy atom. The van der Waals surface area contributed by atoms with Crippen molar-refractivity contribution in [3.8, 4) is 0 Å². The summed E-state index contributed by atoms with van der Waals surface area (Å²) < 4.78 is 22.9. The largest absolute Gasteiger partial charge is 0.377 e. The molecule has 0 aromatic rings. The monoisotopic (exact) mass is 362 g/mol. The van der Waals surface area contributed by atoms with Crippen molar-refractivity contribution in [1.82, 2.24) is 10.6 Å². The predicted octanol–water partition coefficient (Wildman–Crippen LogP) is 2.56. The number of hydrogen-bond donors (Lipinski definition) is 2. The van der Waals surface area contributed by atoms with Gasteiger partial charge in [-0.1, -0.05) is 0 Å². The van der Waals surface area contributed by atoms with Crippen LogP contribution in [0.1, 0.15) is 55.4 Å². The third-order valence-electron chi connectivity index (χ3n) is 3.30. The zero-order valence-corrected chi connectivity index (χ0v) is 17.6. The molecule has 0 aliphatic rings. The third kappa shape index (κ3) is 17.0.